The van der Waals surface area contributed by atoms with Crippen molar-refractivity contribution in [2.75, 3.05) is 6.61 Å². The first-order valence-electron chi connectivity index (χ1n) is 5.97. The number of hydrogen-bond donors (Lipinski definition) is 2. The molecule has 1 amide bonds. The summed E-state index contributed by atoms with van der Waals surface area (Å²) in [5, 5.41) is 11.6. The van der Waals surface area contributed by atoms with Gasteiger partial charge < -0.3 is 15.2 Å². The van der Waals surface area contributed by atoms with Crippen molar-refractivity contribution in [3.63, 3.8) is 0 Å². The number of benzene rings is 1. The Hall–Kier alpha value is -1.60. The van der Waals surface area contributed by atoms with Gasteiger partial charge in [-0.2, -0.15) is 13.2 Å². The van der Waals surface area contributed by atoms with E-state index in [2.05, 4.69) is 10.1 Å². The number of carbonyl (C=O) groups is 1. The summed E-state index contributed by atoms with van der Waals surface area (Å²) in [6.07, 6.45) is -5.66. The Morgan fingerprint density at radius 2 is 1.95 bits per heavy atom. The van der Waals surface area contributed by atoms with Gasteiger partial charge in [-0.05, 0) is 18.1 Å². The number of hydrogen-bond acceptors (Lipinski definition) is 3. The molecule has 0 aliphatic rings. The first-order valence-corrected chi connectivity index (χ1v) is 5.97. The maximum atomic E-state index is 11.9. The number of nitrogens with one attached hydrogen (secondary N) is 1. The quantitative estimate of drug-likeness (QED) is 0.839. The van der Waals surface area contributed by atoms with E-state index in [1.165, 1.54) is 6.92 Å². The lowest BCUT2D eigenvalue weighted by molar-refractivity contribution is -0.185. The van der Waals surface area contributed by atoms with Crippen molar-refractivity contribution in [1.82, 2.24) is 5.32 Å². The molecule has 0 aromatic heterocycles. The van der Waals surface area contributed by atoms with Crippen LogP contribution >= 0.6 is 0 Å². The molecule has 20 heavy (non-hydrogen) atoms. The van der Waals surface area contributed by atoms with E-state index in [1.54, 1.807) is 24.3 Å². The summed E-state index contributed by atoms with van der Waals surface area (Å²) in [5.41, 5.74) is 1.35. The van der Waals surface area contributed by atoms with Crippen molar-refractivity contribution in [2.45, 2.75) is 32.4 Å². The van der Waals surface area contributed by atoms with Crippen LogP contribution in [0, 0.1) is 0 Å². The van der Waals surface area contributed by atoms with Gasteiger partial charge in [0.2, 0.25) is 5.91 Å². The molecule has 1 aromatic rings. The summed E-state index contributed by atoms with van der Waals surface area (Å²) in [6, 6.07) is 6.90. The predicted octanol–water partition coefficient (Wildman–Crippen LogP) is 1.76. The second-order valence-corrected chi connectivity index (χ2v) is 4.21. The van der Waals surface area contributed by atoms with Crippen LogP contribution in [0.1, 0.15) is 18.1 Å². The van der Waals surface area contributed by atoms with Crippen LogP contribution in [0.15, 0.2) is 24.3 Å². The molecule has 0 saturated heterocycles. The molecule has 0 aliphatic heterocycles. The summed E-state index contributed by atoms with van der Waals surface area (Å²) in [7, 11) is 0. The molecule has 0 saturated carbocycles. The topological polar surface area (TPSA) is 58.6 Å². The van der Waals surface area contributed by atoms with Crippen molar-refractivity contribution in [1.29, 1.82) is 0 Å². The molecule has 112 valence electrons. The molecule has 0 heterocycles. The lowest BCUT2D eigenvalue weighted by Crippen LogP contribution is -2.36. The minimum absolute atomic E-state index is 0.120. The van der Waals surface area contributed by atoms with E-state index in [-0.39, 0.29) is 13.2 Å². The highest BCUT2D eigenvalue weighted by Crippen LogP contribution is 2.15. The van der Waals surface area contributed by atoms with Crippen LogP contribution in [0.3, 0.4) is 0 Å². The standard InChI is InChI=1S/C13H16F3NO3/c1-9(20-8-13(14,15)16)12(19)17-6-10-4-2-3-5-11(10)7-18/h2-5,9,18H,6-8H2,1H3,(H,17,19). The second-order valence-electron chi connectivity index (χ2n) is 4.21. The van der Waals surface area contributed by atoms with Gasteiger partial charge in [0.25, 0.3) is 0 Å². The third-order valence-electron chi connectivity index (χ3n) is 2.61. The van der Waals surface area contributed by atoms with Crippen LogP contribution in [0.4, 0.5) is 13.2 Å². The SMILES string of the molecule is CC(OCC(F)(F)F)C(=O)NCc1ccccc1CO. The number of rotatable bonds is 6. The van der Waals surface area contributed by atoms with Crippen LogP contribution in [-0.4, -0.2) is 29.9 Å². The maximum absolute atomic E-state index is 11.9. The summed E-state index contributed by atoms with van der Waals surface area (Å²) >= 11 is 0. The summed E-state index contributed by atoms with van der Waals surface area (Å²) in [5.74, 6) is -0.637. The van der Waals surface area contributed by atoms with Gasteiger partial charge in [-0.25, -0.2) is 0 Å². The molecule has 2 N–H and O–H groups in total. The molecule has 1 atom stereocenters. The van der Waals surface area contributed by atoms with Crippen LogP contribution in [0.25, 0.3) is 0 Å². The largest absolute Gasteiger partial charge is 0.411 e. The number of aliphatic hydroxyl groups excluding tert-OH is 1. The summed E-state index contributed by atoms with van der Waals surface area (Å²) < 4.78 is 40.3. The average molecular weight is 291 g/mol. The van der Waals surface area contributed by atoms with Gasteiger partial charge in [-0.1, -0.05) is 24.3 Å². The van der Waals surface area contributed by atoms with E-state index in [0.29, 0.717) is 11.1 Å². The highest BCUT2D eigenvalue weighted by Gasteiger charge is 2.29. The van der Waals surface area contributed by atoms with Gasteiger partial charge in [0.1, 0.15) is 12.7 Å². The number of ether oxygens (including phenoxy) is 1. The molecular weight excluding hydrogens is 275 g/mol. The fourth-order valence-electron chi connectivity index (χ4n) is 1.51. The Morgan fingerprint density at radius 1 is 1.35 bits per heavy atom. The molecule has 1 aromatic carbocycles. The number of amides is 1. The molecule has 0 radical (unpaired) electrons. The van der Waals surface area contributed by atoms with Crippen molar-refractivity contribution in [2.24, 2.45) is 0 Å². The molecule has 7 heteroatoms. The third kappa shape index (κ3) is 5.58. The molecule has 0 aliphatic carbocycles. The van der Waals surface area contributed by atoms with Gasteiger partial charge in [0.05, 0.1) is 6.61 Å². The van der Waals surface area contributed by atoms with Crippen LogP contribution in [-0.2, 0) is 22.7 Å². The van der Waals surface area contributed by atoms with E-state index in [0.717, 1.165) is 0 Å². The second kappa shape index (κ2) is 7.25. The number of carbonyl (C=O) groups excluding carboxylic acids is 1. The number of halogens is 3. The Morgan fingerprint density at radius 3 is 2.50 bits per heavy atom. The van der Waals surface area contributed by atoms with Gasteiger partial charge in [0, 0.05) is 6.54 Å². The van der Waals surface area contributed by atoms with Crippen molar-refractivity contribution >= 4 is 5.91 Å². The Kier molecular flexibility index (Phi) is 5.97. The fraction of sp³-hybridized carbons (Fsp3) is 0.462. The van der Waals surface area contributed by atoms with Gasteiger partial charge in [-0.3, -0.25) is 4.79 Å². The minimum Gasteiger partial charge on any atom is -0.392 e. The van der Waals surface area contributed by atoms with Crippen molar-refractivity contribution in [3.8, 4) is 0 Å². The highest BCUT2D eigenvalue weighted by molar-refractivity contribution is 5.80. The molecule has 0 spiro atoms. The average Bonchev–Trinajstić information content (AvgIpc) is 2.41. The molecule has 4 nitrogen and oxygen atoms in total. The zero-order valence-corrected chi connectivity index (χ0v) is 10.9. The monoisotopic (exact) mass is 291 g/mol. The predicted molar refractivity (Wildman–Crippen MR) is 65.7 cm³/mol. The fourth-order valence-corrected chi connectivity index (χ4v) is 1.51. The Bertz CT molecular complexity index is 449. The zero-order chi connectivity index (χ0) is 15.2. The minimum atomic E-state index is -4.46. The summed E-state index contributed by atoms with van der Waals surface area (Å²) in [4.78, 5) is 11.6. The molecule has 1 rings (SSSR count). The van der Waals surface area contributed by atoms with E-state index in [9.17, 15) is 18.0 Å². The Balaban J connectivity index is 2.46. The molecular formula is C13H16F3NO3. The van der Waals surface area contributed by atoms with E-state index in [1.807, 2.05) is 0 Å². The lowest BCUT2D eigenvalue weighted by Gasteiger charge is -2.15. The smallest absolute Gasteiger partial charge is 0.392 e. The van der Waals surface area contributed by atoms with Gasteiger partial charge >= 0.3 is 6.18 Å². The number of aliphatic hydroxyl groups is 1. The van der Waals surface area contributed by atoms with Gasteiger partial charge in [-0.15, -0.1) is 0 Å². The molecule has 0 bridgehead atoms. The van der Waals surface area contributed by atoms with Crippen LogP contribution in [0.2, 0.25) is 0 Å². The maximum Gasteiger partial charge on any atom is 0.411 e. The Labute approximate surface area is 114 Å². The van der Waals surface area contributed by atoms with Crippen LogP contribution in [0.5, 0.6) is 0 Å². The third-order valence-corrected chi connectivity index (χ3v) is 2.61. The summed E-state index contributed by atoms with van der Waals surface area (Å²) in [6.45, 7) is -0.269. The lowest BCUT2D eigenvalue weighted by atomic mass is 10.1. The zero-order valence-electron chi connectivity index (χ0n) is 10.9. The van der Waals surface area contributed by atoms with Crippen molar-refractivity contribution < 1.29 is 27.8 Å². The number of alkyl halides is 3. The van der Waals surface area contributed by atoms with E-state index >= 15 is 0 Å². The van der Waals surface area contributed by atoms with E-state index in [4.69, 9.17) is 5.11 Å². The van der Waals surface area contributed by atoms with Crippen molar-refractivity contribution in [3.05, 3.63) is 35.4 Å². The molecule has 1 unspecified atom stereocenters. The van der Waals surface area contributed by atoms with Gasteiger partial charge in [0.15, 0.2) is 0 Å². The first kappa shape index (κ1) is 16.5. The van der Waals surface area contributed by atoms with Crippen LogP contribution < -0.4 is 5.32 Å². The molecule has 0 fully saturated rings. The normalized spacial score (nSPS) is 13.1. The van der Waals surface area contributed by atoms with E-state index < -0.39 is 24.8 Å². The highest BCUT2D eigenvalue weighted by atomic mass is 19.4. The first-order chi connectivity index (χ1) is 9.33.